The van der Waals surface area contributed by atoms with Crippen LogP contribution in [0.3, 0.4) is 0 Å². The zero-order valence-corrected chi connectivity index (χ0v) is 24.2. The summed E-state index contributed by atoms with van der Waals surface area (Å²) in [7, 11) is 0. The van der Waals surface area contributed by atoms with Crippen molar-refractivity contribution < 1.29 is 14.3 Å². The number of anilines is 1. The van der Waals surface area contributed by atoms with Crippen LogP contribution in [-0.2, 0) is 36.3 Å². The minimum Gasteiger partial charge on any atom is -0.462 e. The van der Waals surface area contributed by atoms with Crippen LogP contribution in [-0.4, -0.2) is 33.2 Å². The van der Waals surface area contributed by atoms with Crippen molar-refractivity contribution in [3.05, 3.63) is 106 Å². The van der Waals surface area contributed by atoms with E-state index < -0.39 is 0 Å². The SMILES string of the molecule is C=CCn1c(Cc2ccccc2)nnc1SCc1ccc(C(=O)Nc2sc3c(c2C(=O)OCC)CCCC3)cc1. The largest absolute Gasteiger partial charge is 0.462 e. The van der Waals surface area contributed by atoms with Crippen molar-refractivity contribution in [3.8, 4) is 0 Å². The lowest BCUT2D eigenvalue weighted by molar-refractivity contribution is 0.0526. The number of aryl methyl sites for hydroxylation is 1. The molecular weight excluding hydrogens is 541 g/mol. The highest BCUT2D eigenvalue weighted by Crippen LogP contribution is 2.39. The Kier molecular flexibility index (Phi) is 9.13. The number of carbonyl (C=O) groups is 2. The molecule has 0 spiro atoms. The van der Waals surface area contributed by atoms with Gasteiger partial charge in [-0.25, -0.2) is 4.79 Å². The topological polar surface area (TPSA) is 86.1 Å². The summed E-state index contributed by atoms with van der Waals surface area (Å²) in [6.07, 6.45) is 6.48. The number of aromatic nitrogens is 3. The molecule has 0 unspecified atom stereocenters. The molecule has 0 atom stereocenters. The number of nitrogens with one attached hydrogen (secondary N) is 1. The molecule has 2 aromatic heterocycles. The van der Waals surface area contributed by atoms with Crippen molar-refractivity contribution in [2.24, 2.45) is 0 Å². The lowest BCUT2D eigenvalue weighted by Gasteiger charge is -2.12. The Morgan fingerprint density at radius 3 is 2.60 bits per heavy atom. The maximum atomic E-state index is 13.1. The average molecular weight is 573 g/mol. The number of rotatable bonds is 11. The van der Waals surface area contributed by atoms with Crippen molar-refractivity contribution in [1.29, 1.82) is 0 Å². The standard InChI is InChI=1S/C31H32N4O3S2/c1-3-18-35-26(19-21-10-6-5-7-11-21)33-34-31(35)39-20-22-14-16-23(17-15-22)28(36)32-29-27(30(37)38-4-2)24-12-8-9-13-25(24)40-29/h3,5-7,10-11,14-17H,1,4,8-9,12-13,18-20H2,2H3,(H,32,36). The highest BCUT2D eigenvalue weighted by atomic mass is 32.2. The molecule has 0 radical (unpaired) electrons. The fraction of sp³-hybridized carbons (Fsp3) is 0.290. The number of nitrogens with zero attached hydrogens (tertiary/aromatic N) is 3. The van der Waals surface area contributed by atoms with Crippen LogP contribution in [0.25, 0.3) is 0 Å². The van der Waals surface area contributed by atoms with Crippen molar-refractivity contribution in [1.82, 2.24) is 14.8 Å². The highest BCUT2D eigenvalue weighted by Gasteiger charge is 2.27. The van der Waals surface area contributed by atoms with Crippen LogP contribution >= 0.6 is 23.1 Å². The number of benzene rings is 2. The van der Waals surface area contributed by atoms with Gasteiger partial charge in [-0.15, -0.1) is 28.1 Å². The number of fused-ring (bicyclic) bond motifs is 1. The van der Waals surface area contributed by atoms with Gasteiger partial charge in [-0.1, -0.05) is 60.3 Å². The first-order chi connectivity index (χ1) is 19.6. The fourth-order valence-electron chi connectivity index (χ4n) is 4.80. The average Bonchev–Trinajstić information content (AvgIpc) is 3.53. The number of carbonyl (C=O) groups excluding carboxylic acids is 2. The Bertz CT molecular complexity index is 1490. The molecule has 40 heavy (non-hydrogen) atoms. The quantitative estimate of drug-likeness (QED) is 0.122. The van der Waals surface area contributed by atoms with Gasteiger partial charge in [0.05, 0.1) is 12.2 Å². The first-order valence-corrected chi connectivity index (χ1v) is 15.3. The molecule has 1 amide bonds. The Hall–Kier alpha value is -3.69. The van der Waals surface area contributed by atoms with Gasteiger partial charge in [0, 0.05) is 29.2 Å². The molecule has 0 saturated heterocycles. The maximum Gasteiger partial charge on any atom is 0.341 e. The highest BCUT2D eigenvalue weighted by molar-refractivity contribution is 7.98. The maximum absolute atomic E-state index is 13.1. The summed E-state index contributed by atoms with van der Waals surface area (Å²) < 4.78 is 7.40. The zero-order chi connectivity index (χ0) is 27.9. The van der Waals surface area contributed by atoms with E-state index in [1.807, 2.05) is 48.5 Å². The van der Waals surface area contributed by atoms with Crippen LogP contribution in [0.2, 0.25) is 0 Å². The van der Waals surface area contributed by atoms with Gasteiger partial charge in [-0.3, -0.25) is 4.79 Å². The van der Waals surface area contributed by atoms with Crippen LogP contribution in [0.1, 0.15) is 67.9 Å². The van der Waals surface area contributed by atoms with Crippen LogP contribution < -0.4 is 5.32 Å². The minimum absolute atomic E-state index is 0.236. The van der Waals surface area contributed by atoms with Gasteiger partial charge in [0.2, 0.25) is 0 Å². The van der Waals surface area contributed by atoms with Gasteiger partial charge in [-0.2, -0.15) is 0 Å². The van der Waals surface area contributed by atoms with Gasteiger partial charge in [0.25, 0.3) is 5.91 Å². The third-order valence-corrected chi connectivity index (χ3v) is 9.02. The molecule has 2 aromatic carbocycles. The van der Waals surface area contributed by atoms with E-state index in [-0.39, 0.29) is 11.9 Å². The second-order valence-corrected chi connectivity index (χ2v) is 11.6. The van der Waals surface area contributed by atoms with Crippen molar-refractivity contribution >= 4 is 40.0 Å². The van der Waals surface area contributed by atoms with Crippen molar-refractivity contribution in [2.75, 3.05) is 11.9 Å². The molecule has 2 heterocycles. The van der Waals surface area contributed by atoms with Gasteiger partial charge >= 0.3 is 5.97 Å². The minimum atomic E-state index is -0.360. The molecule has 0 saturated carbocycles. The van der Waals surface area contributed by atoms with Gasteiger partial charge in [-0.05, 0) is 61.4 Å². The van der Waals surface area contributed by atoms with Crippen molar-refractivity contribution in [2.45, 2.75) is 56.5 Å². The number of allylic oxidation sites excluding steroid dienone is 1. The molecule has 0 bridgehead atoms. The van der Waals surface area contributed by atoms with Gasteiger partial charge in [0.1, 0.15) is 10.8 Å². The molecule has 5 rings (SSSR count). The smallest absolute Gasteiger partial charge is 0.341 e. The molecule has 206 valence electrons. The normalized spacial score (nSPS) is 12.5. The first-order valence-electron chi connectivity index (χ1n) is 13.5. The Balaban J connectivity index is 1.25. The number of ether oxygens (including phenoxy) is 1. The molecule has 1 aliphatic rings. The molecular formula is C31H32N4O3S2. The second kappa shape index (κ2) is 13.1. The predicted octanol–water partition coefficient (Wildman–Crippen LogP) is 6.72. The lowest BCUT2D eigenvalue weighted by Crippen LogP contribution is -2.15. The Morgan fingerprint density at radius 2 is 1.85 bits per heavy atom. The number of hydrogen-bond acceptors (Lipinski definition) is 7. The summed E-state index contributed by atoms with van der Waals surface area (Å²) in [5.74, 6) is 0.992. The third kappa shape index (κ3) is 6.37. The van der Waals surface area contributed by atoms with Crippen LogP contribution in [0.4, 0.5) is 5.00 Å². The second-order valence-electron chi connectivity index (χ2n) is 9.54. The molecule has 0 fully saturated rings. The summed E-state index contributed by atoms with van der Waals surface area (Å²) >= 11 is 3.10. The molecule has 9 heteroatoms. The number of esters is 1. The van der Waals surface area contributed by atoms with Crippen LogP contribution in [0, 0.1) is 0 Å². The fourth-order valence-corrected chi connectivity index (χ4v) is 6.99. The number of amides is 1. The number of thiophene rings is 1. The van der Waals surface area contributed by atoms with E-state index in [0.29, 0.717) is 41.5 Å². The van der Waals surface area contributed by atoms with E-state index in [0.717, 1.165) is 47.8 Å². The molecule has 1 N–H and O–H groups in total. The van der Waals surface area contributed by atoms with E-state index in [4.69, 9.17) is 4.74 Å². The first kappa shape index (κ1) is 27.9. The van der Waals surface area contributed by atoms with E-state index in [2.05, 4.69) is 38.8 Å². The van der Waals surface area contributed by atoms with Crippen LogP contribution in [0.15, 0.2) is 72.4 Å². The molecule has 0 aliphatic heterocycles. The van der Waals surface area contributed by atoms with E-state index in [1.54, 1.807) is 18.7 Å². The summed E-state index contributed by atoms with van der Waals surface area (Å²) in [6.45, 7) is 6.62. The van der Waals surface area contributed by atoms with Gasteiger partial charge < -0.3 is 14.6 Å². The summed E-state index contributed by atoms with van der Waals surface area (Å²) in [5.41, 5.74) is 4.35. The molecule has 7 nitrogen and oxygen atoms in total. The van der Waals surface area contributed by atoms with Gasteiger partial charge in [0.15, 0.2) is 5.16 Å². The molecule has 1 aliphatic carbocycles. The molecule has 4 aromatic rings. The lowest BCUT2D eigenvalue weighted by atomic mass is 9.95. The summed E-state index contributed by atoms with van der Waals surface area (Å²) in [5, 5.41) is 13.3. The monoisotopic (exact) mass is 572 g/mol. The summed E-state index contributed by atoms with van der Waals surface area (Å²) in [4.78, 5) is 27.0. The van der Waals surface area contributed by atoms with Crippen LogP contribution in [0.5, 0.6) is 0 Å². The van der Waals surface area contributed by atoms with E-state index in [9.17, 15) is 9.59 Å². The third-order valence-electron chi connectivity index (χ3n) is 6.77. The summed E-state index contributed by atoms with van der Waals surface area (Å²) in [6, 6.07) is 17.8. The number of thioether (sulfide) groups is 1. The van der Waals surface area contributed by atoms with E-state index in [1.165, 1.54) is 21.8 Å². The zero-order valence-electron chi connectivity index (χ0n) is 22.5. The van der Waals surface area contributed by atoms with E-state index >= 15 is 0 Å². The predicted molar refractivity (Wildman–Crippen MR) is 160 cm³/mol. The Labute approximate surface area is 242 Å². The Morgan fingerprint density at radius 1 is 1.07 bits per heavy atom. The number of hydrogen-bond donors (Lipinski definition) is 1. The van der Waals surface area contributed by atoms with Crippen molar-refractivity contribution in [3.63, 3.8) is 0 Å².